The van der Waals surface area contributed by atoms with Crippen molar-refractivity contribution < 1.29 is 19.2 Å². The van der Waals surface area contributed by atoms with E-state index in [0.717, 1.165) is 103 Å². The Morgan fingerprint density at radius 2 is 0.773 bits per heavy atom. The molecule has 12 heteroatoms. The Kier molecular flexibility index (Phi) is 14.5. The smallest absolute Gasteiger partial charge is 0.263 e. The molecule has 4 heterocycles. The van der Waals surface area contributed by atoms with Crippen LogP contribution in [0, 0.1) is 0 Å². The Hall–Kier alpha value is -6.04. The lowest BCUT2D eigenvalue weighted by Crippen LogP contribution is -2.49. The van der Waals surface area contributed by atoms with Gasteiger partial charge in [-0.2, -0.15) is 0 Å². The number of imidazole rings is 2. The van der Waals surface area contributed by atoms with E-state index in [9.17, 15) is 0 Å². The molecule has 0 saturated carbocycles. The van der Waals surface area contributed by atoms with Gasteiger partial charge < -0.3 is 21.4 Å². The number of unbranched alkanes of at least 4 members (excludes halogenated alkanes) is 12. The van der Waals surface area contributed by atoms with Crippen molar-refractivity contribution in [3.63, 3.8) is 0 Å². The van der Waals surface area contributed by atoms with E-state index < -0.39 is 23.6 Å². The van der Waals surface area contributed by atoms with Gasteiger partial charge in [-0.25, -0.2) is 9.97 Å². The average molecular weight is 893 g/mol. The van der Waals surface area contributed by atoms with Crippen LogP contribution >= 0.6 is 0 Å². The molecule has 0 fully saturated rings. The van der Waals surface area contributed by atoms with Crippen LogP contribution in [0.2, 0.25) is 0 Å². The first-order valence-electron chi connectivity index (χ1n) is 25.1. The molecule has 2 aliphatic rings. The second kappa shape index (κ2) is 20.6. The SMILES string of the molecule is CCCCCCC(CCCCCC)N1C(=O)c2c3nc(-c4ccccc4N)[nH]c3c3c4c(c5nc(-c6ccccc6N)[nH]c5c(c24)C1=O)C(=O)N(C(CCCCCC)CCCCCC)C3=O. The van der Waals surface area contributed by atoms with Crippen LogP contribution in [0.25, 0.3) is 55.6 Å². The number of H-pyrrole nitrogens is 2. The molecule has 0 atom stereocenters. The first-order valence-corrected chi connectivity index (χ1v) is 25.1. The number of nitrogen functional groups attached to an aromatic ring is 2. The number of nitrogens with two attached hydrogens (primary N) is 2. The number of hydrogen-bond donors (Lipinski definition) is 4. The number of nitrogens with zero attached hydrogens (tertiary/aromatic N) is 4. The number of amides is 4. The predicted octanol–water partition coefficient (Wildman–Crippen LogP) is 12.9. The van der Waals surface area contributed by atoms with E-state index in [1.807, 2.05) is 36.4 Å². The molecule has 348 valence electrons. The quantitative estimate of drug-likeness (QED) is 0.0263. The predicted molar refractivity (Wildman–Crippen MR) is 267 cm³/mol. The summed E-state index contributed by atoms with van der Waals surface area (Å²) in [6, 6.07) is 13.9. The highest BCUT2D eigenvalue weighted by Crippen LogP contribution is 2.48. The topological polar surface area (TPSA) is 184 Å². The molecule has 4 aromatic carbocycles. The highest BCUT2D eigenvalue weighted by Gasteiger charge is 2.48. The zero-order chi connectivity index (χ0) is 46.5. The van der Waals surface area contributed by atoms with Crippen LogP contribution in [-0.2, 0) is 0 Å². The number of imide groups is 2. The summed E-state index contributed by atoms with van der Waals surface area (Å²) in [5.74, 6) is -1.09. The molecule has 6 N–H and O–H groups in total. The monoisotopic (exact) mass is 893 g/mol. The number of para-hydroxylation sites is 2. The zero-order valence-electron chi connectivity index (χ0n) is 39.5. The molecule has 0 aliphatic carbocycles. The molecule has 66 heavy (non-hydrogen) atoms. The number of carbonyl (C=O) groups excluding carboxylic acids is 4. The molecule has 8 rings (SSSR count). The van der Waals surface area contributed by atoms with Gasteiger partial charge in [0.25, 0.3) is 23.6 Å². The molecular weight excluding hydrogens is 825 g/mol. The molecule has 0 bridgehead atoms. The lowest BCUT2D eigenvalue weighted by atomic mass is 9.82. The minimum absolute atomic E-state index is 0.200. The van der Waals surface area contributed by atoms with Crippen molar-refractivity contribution >= 4 is 67.8 Å². The third kappa shape index (κ3) is 8.59. The third-order valence-electron chi connectivity index (χ3n) is 14.1. The van der Waals surface area contributed by atoms with Crippen molar-refractivity contribution in [1.29, 1.82) is 0 Å². The van der Waals surface area contributed by atoms with Gasteiger partial charge in [0.15, 0.2) is 0 Å². The molecule has 2 aromatic heterocycles. The fourth-order valence-electron chi connectivity index (χ4n) is 10.6. The lowest BCUT2D eigenvalue weighted by Gasteiger charge is -2.38. The summed E-state index contributed by atoms with van der Waals surface area (Å²) in [7, 11) is 0. The largest absolute Gasteiger partial charge is 0.398 e. The third-order valence-corrected chi connectivity index (χ3v) is 14.1. The zero-order valence-corrected chi connectivity index (χ0v) is 39.5. The van der Waals surface area contributed by atoms with Crippen LogP contribution in [0.4, 0.5) is 11.4 Å². The molecule has 2 aliphatic heterocycles. The number of fused-ring (bicyclic) bond motifs is 6. The summed E-state index contributed by atoms with van der Waals surface area (Å²) in [6.45, 7) is 8.68. The standard InChI is InChI=1S/C54H68N8O4/c1-5-9-13-17-25-33(26-18-14-10-6-2)61-51(63)41-39-40-43(47-45(41)57-49(59-47)35-29-21-23-31-37(35)55)53(65)62(34(27-19-15-11-7-3)28-20-16-12-8-4)54(66)44(40)48-46(42(39)52(61)64)58-50(60-48)36-30-22-24-32-38(36)56/h21-24,29-34H,5-20,25-28,55-56H2,1-4H3,(H,57,59)(H,58,60). The fraction of sp³-hybridized carbons (Fsp3) is 0.481. The van der Waals surface area contributed by atoms with Crippen molar-refractivity contribution in [2.24, 2.45) is 0 Å². The van der Waals surface area contributed by atoms with Crippen molar-refractivity contribution in [2.75, 3.05) is 11.5 Å². The normalized spacial score (nSPS) is 13.9. The van der Waals surface area contributed by atoms with Crippen molar-refractivity contribution in [3.8, 4) is 22.8 Å². The molecule has 12 nitrogen and oxygen atoms in total. The van der Waals surface area contributed by atoms with Crippen LogP contribution in [0.15, 0.2) is 48.5 Å². The van der Waals surface area contributed by atoms with Gasteiger partial charge in [-0.15, -0.1) is 0 Å². The van der Waals surface area contributed by atoms with Gasteiger partial charge in [-0.1, -0.05) is 155 Å². The van der Waals surface area contributed by atoms with Crippen LogP contribution < -0.4 is 11.5 Å². The van der Waals surface area contributed by atoms with Crippen LogP contribution in [0.5, 0.6) is 0 Å². The molecular formula is C54H68N8O4. The maximum atomic E-state index is 15.7. The first-order chi connectivity index (χ1) is 32.2. The number of carbonyl (C=O) groups is 4. The number of aromatic amines is 2. The highest BCUT2D eigenvalue weighted by molar-refractivity contribution is 6.42. The number of hydrogen-bond acceptors (Lipinski definition) is 8. The maximum absolute atomic E-state index is 15.7. The second-order valence-corrected chi connectivity index (χ2v) is 18.7. The Labute approximate surface area is 388 Å². The van der Waals surface area contributed by atoms with Crippen molar-refractivity contribution in [3.05, 3.63) is 70.8 Å². The van der Waals surface area contributed by atoms with E-state index in [2.05, 4.69) is 37.7 Å². The van der Waals surface area contributed by atoms with Gasteiger partial charge in [-0.05, 0) is 49.9 Å². The second-order valence-electron chi connectivity index (χ2n) is 18.7. The molecule has 0 saturated heterocycles. The van der Waals surface area contributed by atoms with E-state index in [-0.39, 0.29) is 56.1 Å². The van der Waals surface area contributed by atoms with E-state index in [0.29, 0.717) is 70.9 Å². The Morgan fingerprint density at radius 1 is 0.455 bits per heavy atom. The maximum Gasteiger partial charge on any atom is 0.263 e. The van der Waals surface area contributed by atoms with Gasteiger partial charge in [0.05, 0.1) is 33.3 Å². The molecule has 6 aromatic rings. The Morgan fingerprint density at radius 3 is 1.09 bits per heavy atom. The number of nitrogens with one attached hydrogen (secondary N) is 2. The number of aromatic nitrogens is 4. The Balaban J connectivity index is 1.44. The summed E-state index contributed by atoms with van der Waals surface area (Å²) < 4.78 is 0. The lowest BCUT2D eigenvalue weighted by molar-refractivity contribution is 0.0498. The average Bonchev–Trinajstić information content (AvgIpc) is 3.95. The fourth-order valence-corrected chi connectivity index (χ4v) is 10.6. The van der Waals surface area contributed by atoms with Crippen LogP contribution in [0.3, 0.4) is 0 Å². The van der Waals surface area contributed by atoms with Gasteiger partial charge >= 0.3 is 0 Å². The van der Waals surface area contributed by atoms with Crippen LogP contribution in [-0.4, -0.2) is 65.4 Å². The van der Waals surface area contributed by atoms with Gasteiger partial charge in [0, 0.05) is 45.4 Å². The summed E-state index contributed by atoms with van der Waals surface area (Å²) in [5.41, 5.74) is 17.4. The first kappa shape index (κ1) is 46.5. The van der Waals surface area contributed by atoms with E-state index in [1.54, 1.807) is 12.1 Å². The van der Waals surface area contributed by atoms with E-state index in [4.69, 9.17) is 21.4 Å². The number of anilines is 2. The van der Waals surface area contributed by atoms with E-state index in [1.165, 1.54) is 9.80 Å². The van der Waals surface area contributed by atoms with Gasteiger partial charge in [0.2, 0.25) is 0 Å². The number of rotatable bonds is 24. The molecule has 0 spiro atoms. The van der Waals surface area contributed by atoms with Gasteiger partial charge in [-0.3, -0.25) is 29.0 Å². The minimum Gasteiger partial charge on any atom is -0.398 e. The van der Waals surface area contributed by atoms with Crippen molar-refractivity contribution in [2.45, 2.75) is 168 Å². The molecule has 0 unspecified atom stereocenters. The number of benzene rings is 4. The summed E-state index contributed by atoms with van der Waals surface area (Å²) >= 11 is 0. The summed E-state index contributed by atoms with van der Waals surface area (Å²) in [5, 5.41) is 0.530. The van der Waals surface area contributed by atoms with Crippen LogP contribution in [0.1, 0.15) is 198 Å². The molecule has 0 radical (unpaired) electrons. The van der Waals surface area contributed by atoms with E-state index >= 15 is 19.2 Å². The van der Waals surface area contributed by atoms with Gasteiger partial charge in [0.1, 0.15) is 22.7 Å². The summed E-state index contributed by atoms with van der Waals surface area (Å²) in [4.78, 5) is 82.9. The highest BCUT2D eigenvalue weighted by atomic mass is 16.2. The molecule has 4 amide bonds. The van der Waals surface area contributed by atoms with Crippen molar-refractivity contribution in [1.82, 2.24) is 29.7 Å². The minimum atomic E-state index is -0.469. The summed E-state index contributed by atoms with van der Waals surface area (Å²) in [6.07, 6.45) is 18.6. The Bertz CT molecular complexity index is 2450.